The first-order valence-electron chi connectivity index (χ1n) is 8.11. The Bertz CT molecular complexity index is 867. The number of rotatable bonds is 4. The summed E-state index contributed by atoms with van der Waals surface area (Å²) >= 11 is 1.20. The largest absolute Gasteiger partial charge is 0.325 e. The molecule has 0 saturated heterocycles. The van der Waals surface area contributed by atoms with Gasteiger partial charge in [-0.1, -0.05) is 35.5 Å². The molecule has 2 amide bonds. The molecule has 3 rings (SSSR count). The molecule has 0 fully saturated rings. The summed E-state index contributed by atoms with van der Waals surface area (Å²) in [5.74, 6) is -0.833. The van der Waals surface area contributed by atoms with Crippen LogP contribution in [-0.4, -0.2) is 28.8 Å². The Morgan fingerprint density at radius 1 is 1.27 bits per heavy atom. The minimum Gasteiger partial charge on any atom is -0.325 e. The summed E-state index contributed by atoms with van der Waals surface area (Å²) in [6.45, 7) is 3.75. The molecule has 26 heavy (non-hydrogen) atoms. The number of aryl methyl sites for hydroxylation is 1. The van der Waals surface area contributed by atoms with E-state index in [9.17, 15) is 14.0 Å². The Kier molecular flexibility index (Phi) is 5.37. The van der Waals surface area contributed by atoms with Crippen molar-refractivity contribution < 1.29 is 14.0 Å². The predicted octanol–water partition coefficient (Wildman–Crippen LogP) is 3.60. The minimum atomic E-state index is -0.504. The van der Waals surface area contributed by atoms with Crippen LogP contribution in [0.3, 0.4) is 0 Å². The van der Waals surface area contributed by atoms with E-state index in [2.05, 4.69) is 10.3 Å². The van der Waals surface area contributed by atoms with Crippen LogP contribution in [0.1, 0.15) is 12.5 Å². The summed E-state index contributed by atoms with van der Waals surface area (Å²) in [4.78, 5) is 30.4. The van der Waals surface area contributed by atoms with Crippen molar-refractivity contribution in [2.45, 2.75) is 19.1 Å². The second-order valence-electron chi connectivity index (χ2n) is 5.92. The molecule has 0 radical (unpaired) electrons. The van der Waals surface area contributed by atoms with Crippen molar-refractivity contribution in [2.24, 2.45) is 4.99 Å². The van der Waals surface area contributed by atoms with Crippen LogP contribution in [0.15, 0.2) is 53.5 Å². The van der Waals surface area contributed by atoms with E-state index in [1.807, 2.05) is 31.2 Å². The predicted molar refractivity (Wildman–Crippen MR) is 103 cm³/mol. The van der Waals surface area contributed by atoms with E-state index >= 15 is 0 Å². The third-order valence-electron chi connectivity index (χ3n) is 3.83. The van der Waals surface area contributed by atoms with Gasteiger partial charge < -0.3 is 5.32 Å². The first-order valence-corrected chi connectivity index (χ1v) is 8.99. The highest BCUT2D eigenvalue weighted by molar-refractivity contribution is 8.15. The number of hydrogen-bond donors (Lipinski definition) is 1. The van der Waals surface area contributed by atoms with Crippen LogP contribution in [0.4, 0.5) is 15.8 Å². The summed E-state index contributed by atoms with van der Waals surface area (Å²) < 4.78 is 13.2. The number of anilines is 2. The first kappa shape index (κ1) is 18.1. The average molecular weight is 371 g/mol. The Hall–Kier alpha value is -2.67. The Morgan fingerprint density at radius 3 is 2.69 bits per heavy atom. The molecule has 1 aliphatic rings. The third kappa shape index (κ3) is 4.11. The summed E-state index contributed by atoms with van der Waals surface area (Å²) in [7, 11) is 0. The number of benzene rings is 2. The maximum Gasteiger partial charge on any atom is 0.254 e. The lowest BCUT2D eigenvalue weighted by atomic mass is 10.2. The van der Waals surface area contributed by atoms with Crippen molar-refractivity contribution in [3.05, 3.63) is 59.9 Å². The smallest absolute Gasteiger partial charge is 0.254 e. The second kappa shape index (κ2) is 7.70. The van der Waals surface area contributed by atoms with Crippen molar-refractivity contribution in [3.63, 3.8) is 0 Å². The van der Waals surface area contributed by atoms with Crippen LogP contribution in [0, 0.1) is 12.7 Å². The number of halogens is 1. The minimum absolute atomic E-state index is 0.0639. The first-order chi connectivity index (χ1) is 12.4. The van der Waals surface area contributed by atoms with E-state index in [4.69, 9.17) is 0 Å². The van der Waals surface area contributed by atoms with Gasteiger partial charge in [-0.05, 0) is 44.2 Å². The van der Waals surface area contributed by atoms with Gasteiger partial charge in [0.05, 0.1) is 10.9 Å². The molecule has 0 spiro atoms. The van der Waals surface area contributed by atoms with Crippen molar-refractivity contribution in [3.8, 4) is 0 Å². The molecule has 1 aliphatic heterocycles. The van der Waals surface area contributed by atoms with Crippen molar-refractivity contribution in [1.29, 1.82) is 0 Å². The molecule has 0 aliphatic carbocycles. The maximum atomic E-state index is 13.2. The van der Waals surface area contributed by atoms with Gasteiger partial charge in [-0.3, -0.25) is 19.5 Å². The number of carbonyl (C=O) groups is 2. The highest BCUT2D eigenvalue weighted by Crippen LogP contribution is 2.27. The molecule has 1 atom stereocenters. The fourth-order valence-corrected chi connectivity index (χ4v) is 3.38. The number of amides is 2. The molecule has 1 heterocycles. The standard InChI is InChI=1S/C19H18FN3O2S/c1-12-6-8-16(9-7-12)23-17(24)11-21-19(23)26-13(2)18(25)22-15-5-3-4-14(20)10-15/h3-10,13H,11H2,1-2H3,(H,22,25)/t13-/m0/s1. The fraction of sp³-hybridized carbons (Fsp3) is 0.211. The van der Waals surface area contributed by atoms with E-state index < -0.39 is 11.1 Å². The molecule has 0 bridgehead atoms. The molecule has 7 heteroatoms. The topological polar surface area (TPSA) is 61.8 Å². The van der Waals surface area contributed by atoms with Crippen molar-refractivity contribution >= 4 is 40.1 Å². The van der Waals surface area contributed by atoms with Gasteiger partial charge >= 0.3 is 0 Å². The van der Waals surface area contributed by atoms with Gasteiger partial charge in [0.25, 0.3) is 5.91 Å². The zero-order chi connectivity index (χ0) is 18.7. The summed E-state index contributed by atoms with van der Waals surface area (Å²) in [6, 6.07) is 13.3. The lowest BCUT2D eigenvalue weighted by Crippen LogP contribution is -2.33. The van der Waals surface area contributed by atoms with Crippen LogP contribution in [0.25, 0.3) is 0 Å². The fourth-order valence-electron chi connectivity index (χ4n) is 2.44. The lowest BCUT2D eigenvalue weighted by Gasteiger charge is -2.20. The van der Waals surface area contributed by atoms with E-state index in [1.54, 1.807) is 13.0 Å². The highest BCUT2D eigenvalue weighted by atomic mass is 32.2. The van der Waals surface area contributed by atoms with E-state index in [1.165, 1.54) is 34.9 Å². The Labute approximate surface area is 155 Å². The van der Waals surface area contributed by atoms with Crippen LogP contribution < -0.4 is 10.2 Å². The Balaban J connectivity index is 1.69. The SMILES string of the molecule is Cc1ccc(N2C(=O)CN=C2S[C@@H](C)C(=O)Nc2cccc(F)c2)cc1. The van der Waals surface area contributed by atoms with Gasteiger partial charge in [-0.25, -0.2) is 4.39 Å². The van der Waals surface area contributed by atoms with E-state index in [0.717, 1.165) is 11.3 Å². The summed E-state index contributed by atoms with van der Waals surface area (Å²) in [6.07, 6.45) is 0. The molecular formula is C19H18FN3O2S. The number of nitrogens with one attached hydrogen (secondary N) is 1. The van der Waals surface area contributed by atoms with Crippen LogP contribution in [-0.2, 0) is 9.59 Å². The summed E-state index contributed by atoms with van der Waals surface area (Å²) in [5, 5.41) is 2.65. The summed E-state index contributed by atoms with van der Waals surface area (Å²) in [5.41, 5.74) is 2.21. The molecule has 0 unspecified atom stereocenters. The average Bonchev–Trinajstić information content (AvgIpc) is 2.96. The zero-order valence-electron chi connectivity index (χ0n) is 14.4. The molecule has 2 aromatic rings. The van der Waals surface area contributed by atoms with Gasteiger partial charge in [0.1, 0.15) is 12.4 Å². The van der Waals surface area contributed by atoms with Gasteiger partial charge in [0.15, 0.2) is 5.17 Å². The normalized spacial score (nSPS) is 15.0. The number of nitrogens with zero attached hydrogens (tertiary/aromatic N) is 2. The van der Waals surface area contributed by atoms with E-state index in [0.29, 0.717) is 10.9 Å². The molecule has 5 nitrogen and oxygen atoms in total. The zero-order valence-corrected chi connectivity index (χ0v) is 15.2. The number of thioether (sulfide) groups is 1. The van der Waals surface area contributed by atoms with Gasteiger partial charge in [-0.15, -0.1) is 0 Å². The lowest BCUT2D eigenvalue weighted by molar-refractivity contribution is -0.116. The molecule has 1 N–H and O–H groups in total. The van der Waals surface area contributed by atoms with Gasteiger partial charge in [-0.2, -0.15) is 0 Å². The molecular weight excluding hydrogens is 353 g/mol. The molecule has 134 valence electrons. The van der Waals surface area contributed by atoms with Crippen LogP contribution in [0.5, 0.6) is 0 Å². The molecule has 2 aromatic carbocycles. The molecule has 0 aromatic heterocycles. The van der Waals surface area contributed by atoms with Gasteiger partial charge in [0, 0.05) is 5.69 Å². The molecule has 0 saturated carbocycles. The van der Waals surface area contributed by atoms with Gasteiger partial charge in [0.2, 0.25) is 5.91 Å². The number of carbonyl (C=O) groups excluding carboxylic acids is 2. The quantitative estimate of drug-likeness (QED) is 0.893. The van der Waals surface area contributed by atoms with Crippen LogP contribution >= 0.6 is 11.8 Å². The maximum absolute atomic E-state index is 13.2. The number of aliphatic imine (C=N–C) groups is 1. The number of hydrogen-bond acceptors (Lipinski definition) is 4. The number of amidine groups is 1. The van der Waals surface area contributed by atoms with Crippen molar-refractivity contribution in [1.82, 2.24) is 0 Å². The Morgan fingerprint density at radius 2 is 2.00 bits per heavy atom. The second-order valence-corrected chi connectivity index (χ2v) is 7.23. The monoisotopic (exact) mass is 371 g/mol. The highest BCUT2D eigenvalue weighted by Gasteiger charge is 2.30. The van der Waals surface area contributed by atoms with E-state index in [-0.39, 0.29) is 18.4 Å². The third-order valence-corrected chi connectivity index (χ3v) is 4.92. The van der Waals surface area contributed by atoms with Crippen LogP contribution in [0.2, 0.25) is 0 Å². The van der Waals surface area contributed by atoms with Crippen molar-refractivity contribution in [2.75, 3.05) is 16.8 Å².